The molecule has 0 saturated carbocycles. The highest BCUT2D eigenvalue weighted by atomic mass is 35.5. The molecule has 0 radical (unpaired) electrons. The number of rotatable bonds is 7. The van der Waals surface area contributed by atoms with Gasteiger partial charge in [-0.2, -0.15) is 0 Å². The number of piperidine rings is 1. The van der Waals surface area contributed by atoms with Gasteiger partial charge in [0.05, 0.1) is 10.8 Å². The molecule has 2 aromatic rings. The molecular weight excluding hydrogens is 408 g/mol. The summed E-state index contributed by atoms with van der Waals surface area (Å²) in [7, 11) is -3.61. The summed E-state index contributed by atoms with van der Waals surface area (Å²) in [6.07, 6.45) is 2.32. The molecule has 7 heteroatoms. The lowest BCUT2D eigenvalue weighted by molar-refractivity contribution is -0.134. The van der Waals surface area contributed by atoms with E-state index in [1.165, 1.54) is 0 Å². The van der Waals surface area contributed by atoms with Gasteiger partial charge in [-0.15, -0.1) is 0 Å². The van der Waals surface area contributed by atoms with E-state index in [4.69, 9.17) is 11.6 Å². The molecular formula is C22H27ClN2O3S. The van der Waals surface area contributed by atoms with E-state index in [2.05, 4.69) is 11.6 Å². The Morgan fingerprint density at radius 1 is 1.10 bits per heavy atom. The molecule has 1 unspecified atom stereocenters. The molecule has 1 N–H and O–H groups in total. The predicted octanol–water partition coefficient (Wildman–Crippen LogP) is 4.05. The molecule has 0 aromatic heterocycles. The van der Waals surface area contributed by atoms with Crippen molar-refractivity contribution in [1.29, 1.82) is 0 Å². The minimum atomic E-state index is -3.61. The number of halogens is 1. The van der Waals surface area contributed by atoms with Crippen molar-refractivity contribution in [1.82, 2.24) is 9.62 Å². The summed E-state index contributed by atoms with van der Waals surface area (Å²) in [5, 5.41) is 0.530. The van der Waals surface area contributed by atoms with Crippen LogP contribution in [0, 0.1) is 5.92 Å². The molecule has 0 aliphatic carbocycles. The topological polar surface area (TPSA) is 66.5 Å². The molecule has 1 heterocycles. The van der Waals surface area contributed by atoms with Crippen LogP contribution in [0.25, 0.3) is 0 Å². The number of carbonyl (C=O) groups excluding carboxylic acids is 1. The van der Waals surface area contributed by atoms with E-state index >= 15 is 0 Å². The molecule has 156 valence electrons. The average Bonchev–Trinajstić information content (AvgIpc) is 2.73. The molecule has 1 aliphatic rings. The van der Waals surface area contributed by atoms with Crippen LogP contribution in [0.3, 0.4) is 0 Å². The normalized spacial score (nSPS) is 16.6. The van der Waals surface area contributed by atoms with Gasteiger partial charge < -0.3 is 4.90 Å². The maximum Gasteiger partial charge on any atom is 0.240 e. The lowest BCUT2D eigenvalue weighted by atomic mass is 9.92. The lowest BCUT2D eigenvalue weighted by Crippen LogP contribution is -2.41. The molecule has 1 saturated heterocycles. The van der Waals surface area contributed by atoms with Crippen molar-refractivity contribution >= 4 is 27.5 Å². The Balaban J connectivity index is 1.74. The van der Waals surface area contributed by atoms with Crippen LogP contribution < -0.4 is 4.72 Å². The minimum Gasteiger partial charge on any atom is -0.342 e. The van der Waals surface area contributed by atoms with Crippen LogP contribution in [0.15, 0.2) is 59.5 Å². The summed E-state index contributed by atoms with van der Waals surface area (Å²) in [6, 6.07) is 15.5. The Kier molecular flexibility index (Phi) is 7.33. The van der Waals surface area contributed by atoms with Gasteiger partial charge in [0.2, 0.25) is 15.9 Å². The maximum atomic E-state index is 13.3. The fraction of sp³-hybridized carbons (Fsp3) is 0.409. The van der Waals surface area contributed by atoms with Crippen LogP contribution in [0.1, 0.15) is 37.7 Å². The Hall–Kier alpha value is -1.89. The van der Waals surface area contributed by atoms with Crippen molar-refractivity contribution in [2.24, 2.45) is 5.92 Å². The van der Waals surface area contributed by atoms with Crippen molar-refractivity contribution in [2.75, 3.05) is 19.6 Å². The van der Waals surface area contributed by atoms with E-state index in [0.717, 1.165) is 31.5 Å². The summed E-state index contributed by atoms with van der Waals surface area (Å²) in [4.78, 5) is 15.4. The number of carbonyl (C=O) groups is 1. The minimum absolute atomic E-state index is 0.0175. The Morgan fingerprint density at radius 2 is 1.72 bits per heavy atom. The zero-order chi connectivity index (χ0) is 20.9. The number of nitrogens with one attached hydrogen (secondary N) is 1. The number of nitrogens with zero attached hydrogens (tertiary/aromatic N) is 1. The fourth-order valence-electron chi connectivity index (χ4n) is 3.64. The molecule has 1 atom stereocenters. The van der Waals surface area contributed by atoms with E-state index in [1.54, 1.807) is 36.4 Å². The van der Waals surface area contributed by atoms with E-state index in [9.17, 15) is 13.2 Å². The third kappa shape index (κ3) is 5.59. The van der Waals surface area contributed by atoms with Gasteiger partial charge in [0.1, 0.15) is 0 Å². The quantitative estimate of drug-likeness (QED) is 0.714. The fourth-order valence-corrected chi connectivity index (χ4v) is 4.98. The molecule has 5 nitrogen and oxygen atoms in total. The molecule has 0 bridgehead atoms. The molecule has 3 rings (SSSR count). The second kappa shape index (κ2) is 9.74. The monoisotopic (exact) mass is 434 g/mol. The highest BCUT2D eigenvalue weighted by molar-refractivity contribution is 7.89. The van der Waals surface area contributed by atoms with Crippen LogP contribution in [0.4, 0.5) is 0 Å². The summed E-state index contributed by atoms with van der Waals surface area (Å²) in [5.41, 5.74) is 0.747. The number of amides is 1. The number of hydrogen-bond acceptors (Lipinski definition) is 3. The molecule has 1 aliphatic heterocycles. The first-order chi connectivity index (χ1) is 13.9. The van der Waals surface area contributed by atoms with Gasteiger partial charge in [-0.05, 0) is 48.9 Å². The second-order valence-corrected chi connectivity index (χ2v) is 9.76. The van der Waals surface area contributed by atoms with Gasteiger partial charge >= 0.3 is 0 Å². The van der Waals surface area contributed by atoms with Gasteiger partial charge in [0.25, 0.3) is 0 Å². The predicted molar refractivity (Wildman–Crippen MR) is 115 cm³/mol. The van der Waals surface area contributed by atoms with Gasteiger partial charge in [-0.25, -0.2) is 13.1 Å². The largest absolute Gasteiger partial charge is 0.342 e. The van der Waals surface area contributed by atoms with Crippen LogP contribution in [-0.4, -0.2) is 38.9 Å². The smallest absolute Gasteiger partial charge is 0.240 e. The third-order valence-electron chi connectivity index (χ3n) is 5.45. The third-order valence-corrected chi connectivity index (χ3v) is 7.27. The zero-order valence-corrected chi connectivity index (χ0v) is 18.1. The Morgan fingerprint density at radius 3 is 2.38 bits per heavy atom. The van der Waals surface area contributed by atoms with Gasteiger partial charge in [-0.3, -0.25) is 4.79 Å². The van der Waals surface area contributed by atoms with Gasteiger partial charge in [-0.1, -0.05) is 54.9 Å². The zero-order valence-electron chi connectivity index (χ0n) is 16.6. The van der Waals surface area contributed by atoms with Crippen LogP contribution in [0.2, 0.25) is 5.02 Å². The lowest BCUT2D eigenvalue weighted by Gasteiger charge is -2.33. The maximum absolute atomic E-state index is 13.3. The summed E-state index contributed by atoms with van der Waals surface area (Å²) >= 11 is 6.38. The van der Waals surface area contributed by atoms with E-state index < -0.39 is 15.9 Å². The highest BCUT2D eigenvalue weighted by Crippen LogP contribution is 2.30. The Bertz CT molecular complexity index is 926. The molecule has 0 spiro atoms. The number of benzene rings is 2. The first kappa shape index (κ1) is 21.8. The molecule has 29 heavy (non-hydrogen) atoms. The SMILES string of the molecule is CC1CCN(C(=O)C(CCNS(=O)(=O)c2ccccc2)c2ccccc2Cl)CC1. The van der Waals surface area contributed by atoms with E-state index in [0.29, 0.717) is 17.4 Å². The molecule has 1 fully saturated rings. The van der Waals surface area contributed by atoms with Gasteiger partial charge in [0.15, 0.2) is 0 Å². The van der Waals surface area contributed by atoms with Gasteiger partial charge in [0, 0.05) is 24.7 Å². The van der Waals surface area contributed by atoms with Crippen molar-refractivity contribution < 1.29 is 13.2 Å². The number of sulfonamides is 1. The van der Waals surface area contributed by atoms with Crippen molar-refractivity contribution in [2.45, 2.75) is 37.0 Å². The first-order valence-electron chi connectivity index (χ1n) is 9.96. The summed E-state index contributed by atoms with van der Waals surface area (Å²) in [6.45, 7) is 3.82. The van der Waals surface area contributed by atoms with Crippen molar-refractivity contribution in [3.63, 3.8) is 0 Å². The number of hydrogen-bond donors (Lipinski definition) is 1. The highest BCUT2D eigenvalue weighted by Gasteiger charge is 2.29. The van der Waals surface area contributed by atoms with Crippen LogP contribution in [0.5, 0.6) is 0 Å². The first-order valence-corrected chi connectivity index (χ1v) is 11.8. The van der Waals surface area contributed by atoms with Crippen LogP contribution in [-0.2, 0) is 14.8 Å². The van der Waals surface area contributed by atoms with Crippen molar-refractivity contribution in [3.05, 3.63) is 65.2 Å². The van der Waals surface area contributed by atoms with Crippen LogP contribution >= 0.6 is 11.6 Å². The Labute approximate surface area is 178 Å². The van der Waals surface area contributed by atoms with Crippen molar-refractivity contribution in [3.8, 4) is 0 Å². The standard InChI is InChI=1S/C22H27ClN2O3S/c1-17-12-15-25(16-13-17)22(26)20(19-9-5-6-10-21(19)23)11-14-24-29(27,28)18-7-3-2-4-8-18/h2-10,17,20,24H,11-16H2,1H3. The average molecular weight is 435 g/mol. The number of likely N-dealkylation sites (tertiary alicyclic amines) is 1. The van der Waals surface area contributed by atoms with E-state index in [1.807, 2.05) is 23.1 Å². The molecule has 1 amide bonds. The van der Waals surface area contributed by atoms with E-state index in [-0.39, 0.29) is 17.3 Å². The summed E-state index contributed by atoms with van der Waals surface area (Å²) in [5.74, 6) is 0.162. The molecule has 2 aromatic carbocycles. The second-order valence-electron chi connectivity index (χ2n) is 7.58. The summed E-state index contributed by atoms with van der Waals surface area (Å²) < 4.78 is 27.6.